The molecule has 0 aliphatic heterocycles. The smallest absolute Gasteiger partial charge is 0.343 e. The van der Waals surface area contributed by atoms with Gasteiger partial charge in [-0.2, -0.15) is 0 Å². The van der Waals surface area contributed by atoms with E-state index in [2.05, 4.69) is 5.32 Å². The van der Waals surface area contributed by atoms with Crippen LogP contribution in [0.4, 0.5) is 5.69 Å². The first-order chi connectivity index (χ1) is 14.5. The van der Waals surface area contributed by atoms with E-state index < -0.39 is 5.63 Å². The van der Waals surface area contributed by atoms with Gasteiger partial charge in [0, 0.05) is 30.9 Å². The number of aryl methyl sites for hydroxylation is 1. The van der Waals surface area contributed by atoms with Crippen LogP contribution >= 0.6 is 0 Å². The van der Waals surface area contributed by atoms with Crippen LogP contribution in [0.1, 0.15) is 78.6 Å². The molecule has 0 bridgehead atoms. The molecule has 1 fully saturated rings. The number of nitrogens with one attached hydrogen (secondary N) is 1. The molecule has 0 spiro atoms. The van der Waals surface area contributed by atoms with Crippen molar-refractivity contribution in [2.24, 2.45) is 5.92 Å². The molecule has 1 aromatic heterocycles. The summed E-state index contributed by atoms with van der Waals surface area (Å²) < 4.78 is 5.60. The maximum absolute atomic E-state index is 13.0. The Morgan fingerprint density at radius 1 is 1.20 bits per heavy atom. The zero-order valence-electron chi connectivity index (χ0n) is 17.1. The lowest BCUT2D eigenvalue weighted by Gasteiger charge is -2.21. The third-order valence-corrected chi connectivity index (χ3v) is 5.97. The van der Waals surface area contributed by atoms with Crippen LogP contribution in [0.3, 0.4) is 0 Å². The Bertz CT molecular complexity index is 1030. The standard InChI is InChI=1S/C24H26NO5/c1-2-19(27)25-16-8-6-7-15(13-16)20(14-11-12-14)22-23(28)21-17(26)9-4-3-5-10-18(21)30-24(22)29/h2,6-8,13-14,20,28H,3-5,9-12H2,1H3,(H,25,27)/t20-/m1/s1. The van der Waals surface area contributed by atoms with Crippen molar-refractivity contribution in [3.05, 3.63) is 63.6 Å². The van der Waals surface area contributed by atoms with Gasteiger partial charge in [0.15, 0.2) is 5.78 Å². The summed E-state index contributed by atoms with van der Waals surface area (Å²) in [5, 5.41) is 13.9. The predicted octanol–water partition coefficient (Wildman–Crippen LogP) is 4.35. The number of amides is 1. The predicted molar refractivity (Wildman–Crippen MR) is 113 cm³/mol. The first kappa shape index (κ1) is 20.4. The molecule has 157 valence electrons. The van der Waals surface area contributed by atoms with E-state index in [1.54, 1.807) is 13.0 Å². The highest BCUT2D eigenvalue weighted by atomic mass is 16.4. The van der Waals surface area contributed by atoms with Crippen LogP contribution in [0, 0.1) is 12.3 Å². The number of Topliss-reactive ketones (excluding diaryl/α,β-unsaturated/α-hetero) is 1. The summed E-state index contributed by atoms with van der Waals surface area (Å²) in [6, 6.07) is 7.29. The van der Waals surface area contributed by atoms with Gasteiger partial charge in [-0.05, 0) is 49.3 Å². The SMILES string of the molecule is C[CH]C(=O)Nc1cccc([C@H](c2c(O)c3c(oc2=O)CCCCCC3=O)C2CC2)c1. The molecule has 6 heteroatoms. The Balaban J connectivity index is 1.81. The summed E-state index contributed by atoms with van der Waals surface area (Å²) in [6.45, 7) is 1.66. The lowest BCUT2D eigenvalue weighted by Crippen LogP contribution is -2.21. The first-order valence-corrected chi connectivity index (χ1v) is 10.6. The van der Waals surface area contributed by atoms with Crippen LogP contribution in [0.25, 0.3) is 0 Å². The van der Waals surface area contributed by atoms with Gasteiger partial charge in [-0.25, -0.2) is 4.79 Å². The van der Waals surface area contributed by atoms with E-state index in [1.165, 1.54) is 6.42 Å². The Labute approximate surface area is 175 Å². The van der Waals surface area contributed by atoms with Gasteiger partial charge < -0.3 is 14.8 Å². The van der Waals surface area contributed by atoms with Crippen molar-refractivity contribution in [2.45, 2.75) is 57.8 Å². The van der Waals surface area contributed by atoms with Gasteiger partial charge in [-0.15, -0.1) is 0 Å². The number of fused-ring (bicyclic) bond motifs is 1. The summed E-state index contributed by atoms with van der Waals surface area (Å²) >= 11 is 0. The fraction of sp³-hybridized carbons (Fsp3) is 0.417. The van der Waals surface area contributed by atoms with Crippen molar-refractivity contribution in [3.8, 4) is 5.75 Å². The lowest BCUT2D eigenvalue weighted by atomic mass is 9.85. The number of ketones is 1. The van der Waals surface area contributed by atoms with Crippen molar-refractivity contribution in [2.75, 3.05) is 5.32 Å². The van der Waals surface area contributed by atoms with E-state index >= 15 is 0 Å². The van der Waals surface area contributed by atoms with Crippen LogP contribution in [-0.4, -0.2) is 16.8 Å². The van der Waals surface area contributed by atoms with Crippen LogP contribution in [-0.2, 0) is 11.2 Å². The summed E-state index contributed by atoms with van der Waals surface area (Å²) in [6.07, 6.45) is 6.60. The van der Waals surface area contributed by atoms with Gasteiger partial charge in [-0.1, -0.05) is 25.5 Å². The minimum atomic E-state index is -0.576. The van der Waals surface area contributed by atoms with Crippen LogP contribution in [0.2, 0.25) is 0 Å². The van der Waals surface area contributed by atoms with E-state index in [9.17, 15) is 19.5 Å². The van der Waals surface area contributed by atoms with Crippen LogP contribution < -0.4 is 10.9 Å². The number of benzene rings is 1. The number of anilines is 1. The molecule has 1 heterocycles. The fourth-order valence-electron chi connectivity index (χ4n) is 4.32. The highest BCUT2D eigenvalue weighted by Crippen LogP contribution is 2.49. The molecule has 1 atom stereocenters. The number of aromatic hydroxyl groups is 1. The highest BCUT2D eigenvalue weighted by Gasteiger charge is 2.39. The third-order valence-electron chi connectivity index (χ3n) is 5.97. The fourth-order valence-corrected chi connectivity index (χ4v) is 4.32. The third kappa shape index (κ3) is 4.04. The zero-order chi connectivity index (χ0) is 21.3. The lowest BCUT2D eigenvalue weighted by molar-refractivity contribution is -0.113. The van der Waals surface area contributed by atoms with Gasteiger partial charge in [0.2, 0.25) is 5.91 Å². The molecule has 0 saturated heterocycles. The molecule has 2 aliphatic carbocycles. The number of carbonyl (C=O) groups is 2. The highest BCUT2D eigenvalue weighted by molar-refractivity contribution is 6.00. The molecular weight excluding hydrogens is 382 g/mol. The van der Waals surface area contributed by atoms with Gasteiger partial charge in [0.25, 0.3) is 0 Å². The molecule has 2 aromatic rings. The van der Waals surface area contributed by atoms with E-state index in [1.807, 2.05) is 18.2 Å². The van der Waals surface area contributed by atoms with Crippen molar-refractivity contribution in [1.29, 1.82) is 0 Å². The normalized spacial score (nSPS) is 17.6. The Hall–Kier alpha value is -2.89. The molecule has 1 amide bonds. The Kier molecular flexibility index (Phi) is 5.75. The zero-order valence-corrected chi connectivity index (χ0v) is 17.1. The minimum Gasteiger partial charge on any atom is -0.506 e. The van der Waals surface area contributed by atoms with Crippen molar-refractivity contribution in [1.82, 2.24) is 0 Å². The van der Waals surface area contributed by atoms with Crippen molar-refractivity contribution >= 4 is 17.4 Å². The number of carbonyl (C=O) groups excluding carboxylic acids is 2. The summed E-state index contributed by atoms with van der Waals surface area (Å²) in [5.41, 5.74) is 1.20. The maximum Gasteiger partial charge on any atom is 0.343 e. The molecule has 1 radical (unpaired) electrons. The number of rotatable bonds is 5. The van der Waals surface area contributed by atoms with Crippen molar-refractivity contribution < 1.29 is 19.1 Å². The molecule has 30 heavy (non-hydrogen) atoms. The van der Waals surface area contributed by atoms with Crippen molar-refractivity contribution in [3.63, 3.8) is 0 Å². The van der Waals surface area contributed by atoms with E-state index in [-0.39, 0.29) is 40.4 Å². The maximum atomic E-state index is 13.0. The second-order valence-electron chi connectivity index (χ2n) is 8.15. The first-order valence-electron chi connectivity index (χ1n) is 10.6. The average Bonchev–Trinajstić information content (AvgIpc) is 3.54. The monoisotopic (exact) mass is 408 g/mol. The van der Waals surface area contributed by atoms with E-state index in [0.29, 0.717) is 24.3 Å². The topological polar surface area (TPSA) is 96.6 Å². The molecule has 0 unspecified atom stereocenters. The number of hydrogen-bond donors (Lipinski definition) is 2. The van der Waals surface area contributed by atoms with E-state index in [0.717, 1.165) is 37.7 Å². The van der Waals surface area contributed by atoms with Gasteiger partial charge in [0.1, 0.15) is 11.5 Å². The van der Waals surface area contributed by atoms with Gasteiger partial charge in [0.05, 0.1) is 11.1 Å². The minimum absolute atomic E-state index is 0.163. The van der Waals surface area contributed by atoms with Crippen LogP contribution in [0.15, 0.2) is 33.5 Å². The molecule has 4 rings (SSSR count). The molecule has 2 aliphatic rings. The number of hydrogen-bond acceptors (Lipinski definition) is 5. The van der Waals surface area contributed by atoms with Crippen LogP contribution in [0.5, 0.6) is 5.75 Å². The Morgan fingerprint density at radius 3 is 2.70 bits per heavy atom. The van der Waals surface area contributed by atoms with Gasteiger partial charge >= 0.3 is 5.63 Å². The quantitative estimate of drug-likeness (QED) is 0.767. The average molecular weight is 408 g/mol. The molecule has 1 aromatic carbocycles. The summed E-state index contributed by atoms with van der Waals surface area (Å²) in [5.74, 6) is -0.497. The second-order valence-corrected chi connectivity index (χ2v) is 8.15. The van der Waals surface area contributed by atoms with E-state index in [4.69, 9.17) is 4.42 Å². The largest absolute Gasteiger partial charge is 0.506 e. The summed E-state index contributed by atoms with van der Waals surface area (Å²) in [4.78, 5) is 37.4. The Morgan fingerprint density at radius 2 is 1.97 bits per heavy atom. The molecular formula is C24H26NO5. The summed E-state index contributed by atoms with van der Waals surface area (Å²) in [7, 11) is 0. The molecule has 2 N–H and O–H groups in total. The second kappa shape index (κ2) is 8.46. The molecule has 1 saturated carbocycles. The molecule has 6 nitrogen and oxygen atoms in total. The van der Waals surface area contributed by atoms with Gasteiger partial charge in [-0.3, -0.25) is 9.59 Å².